The van der Waals surface area contributed by atoms with Crippen LogP contribution in [0.3, 0.4) is 0 Å². The third kappa shape index (κ3) is 3.05. The van der Waals surface area contributed by atoms with E-state index in [2.05, 4.69) is 5.32 Å². The lowest BCUT2D eigenvalue weighted by molar-refractivity contribution is 0.0957. The van der Waals surface area contributed by atoms with E-state index < -0.39 is 10.0 Å². The highest BCUT2D eigenvalue weighted by atomic mass is 32.2. The van der Waals surface area contributed by atoms with Crippen molar-refractivity contribution in [1.82, 2.24) is 9.62 Å². The van der Waals surface area contributed by atoms with Crippen LogP contribution in [0, 0.1) is 6.92 Å². The molecule has 1 amide bonds. The molecular weight excluding hydrogens is 296 g/mol. The summed E-state index contributed by atoms with van der Waals surface area (Å²) in [5.41, 5.74) is 0. The highest BCUT2D eigenvalue weighted by Crippen LogP contribution is 2.29. The van der Waals surface area contributed by atoms with E-state index in [1.807, 2.05) is 6.92 Å². The summed E-state index contributed by atoms with van der Waals surface area (Å²) in [6, 6.07) is 1.51. The van der Waals surface area contributed by atoms with Crippen molar-refractivity contribution in [2.24, 2.45) is 0 Å². The van der Waals surface area contributed by atoms with E-state index in [4.69, 9.17) is 0 Å². The van der Waals surface area contributed by atoms with E-state index in [1.165, 1.54) is 21.7 Å². The molecule has 0 spiro atoms. The summed E-state index contributed by atoms with van der Waals surface area (Å²) in [5.74, 6) is -0.192. The van der Waals surface area contributed by atoms with Crippen molar-refractivity contribution < 1.29 is 13.2 Å². The van der Waals surface area contributed by atoms with Gasteiger partial charge in [0, 0.05) is 24.5 Å². The molecule has 0 radical (unpaired) electrons. The predicted octanol–water partition coefficient (Wildman–Crippen LogP) is 1.98. The fraction of sp³-hybridized carbons (Fsp3) is 0.615. The van der Waals surface area contributed by atoms with E-state index in [9.17, 15) is 13.2 Å². The second-order valence-electron chi connectivity index (χ2n) is 4.90. The molecule has 1 aliphatic heterocycles. The molecule has 112 valence electrons. The normalized spacial score (nSPS) is 16.5. The second kappa shape index (κ2) is 6.24. The Morgan fingerprint density at radius 3 is 2.65 bits per heavy atom. The van der Waals surface area contributed by atoms with E-state index in [0.29, 0.717) is 29.4 Å². The number of nitrogens with zero attached hydrogens (tertiary/aromatic N) is 1. The fourth-order valence-corrected chi connectivity index (χ4v) is 5.22. The number of carbonyl (C=O) groups excluding carboxylic acids is 1. The Hall–Kier alpha value is -0.920. The van der Waals surface area contributed by atoms with Crippen LogP contribution >= 0.6 is 11.3 Å². The molecule has 5 nitrogen and oxygen atoms in total. The van der Waals surface area contributed by atoms with Gasteiger partial charge in [0.2, 0.25) is 10.0 Å². The van der Waals surface area contributed by atoms with Gasteiger partial charge in [-0.05, 0) is 32.3 Å². The SMILES string of the molecule is CCCNC(=O)c1cc(S(=O)(=O)N2CCCC2)c(C)s1. The molecule has 0 saturated carbocycles. The van der Waals surface area contributed by atoms with Crippen LogP contribution in [-0.2, 0) is 10.0 Å². The molecule has 1 aliphatic rings. The summed E-state index contributed by atoms with van der Waals surface area (Å²) in [6.07, 6.45) is 2.67. The molecule has 0 aromatic carbocycles. The number of sulfonamides is 1. The molecule has 2 rings (SSSR count). The van der Waals surface area contributed by atoms with Gasteiger partial charge in [-0.1, -0.05) is 6.92 Å². The molecule has 0 aliphatic carbocycles. The van der Waals surface area contributed by atoms with E-state index in [0.717, 1.165) is 19.3 Å². The first-order valence-corrected chi connectivity index (χ1v) is 9.11. The van der Waals surface area contributed by atoms with Gasteiger partial charge in [0.15, 0.2) is 0 Å². The minimum Gasteiger partial charge on any atom is -0.351 e. The standard InChI is InChI=1S/C13H20N2O3S2/c1-3-6-14-13(16)11-9-12(10(2)19-11)20(17,18)15-7-4-5-8-15/h9H,3-8H2,1-2H3,(H,14,16). The first-order chi connectivity index (χ1) is 9.46. The molecule has 0 unspecified atom stereocenters. The molecule has 0 bridgehead atoms. The van der Waals surface area contributed by atoms with Gasteiger partial charge in [0.25, 0.3) is 5.91 Å². The zero-order chi connectivity index (χ0) is 14.8. The van der Waals surface area contributed by atoms with E-state index in [-0.39, 0.29) is 10.8 Å². The zero-order valence-electron chi connectivity index (χ0n) is 11.8. The number of amides is 1. The summed E-state index contributed by atoms with van der Waals surface area (Å²) < 4.78 is 26.5. The van der Waals surface area contributed by atoms with Crippen LogP contribution in [0.5, 0.6) is 0 Å². The van der Waals surface area contributed by atoms with Gasteiger partial charge in [-0.15, -0.1) is 11.3 Å². The first kappa shape index (κ1) is 15.5. The quantitative estimate of drug-likeness (QED) is 0.903. The molecule has 2 heterocycles. The third-order valence-electron chi connectivity index (χ3n) is 3.31. The van der Waals surface area contributed by atoms with E-state index >= 15 is 0 Å². The zero-order valence-corrected chi connectivity index (χ0v) is 13.4. The lowest BCUT2D eigenvalue weighted by Crippen LogP contribution is -2.28. The summed E-state index contributed by atoms with van der Waals surface area (Å²) in [4.78, 5) is 13.3. The van der Waals surface area contributed by atoms with Gasteiger partial charge < -0.3 is 5.32 Å². The van der Waals surface area contributed by atoms with Gasteiger partial charge in [-0.25, -0.2) is 8.42 Å². The van der Waals surface area contributed by atoms with Crippen molar-refractivity contribution in [2.45, 2.75) is 38.0 Å². The number of rotatable bonds is 5. The van der Waals surface area contributed by atoms with Crippen molar-refractivity contribution in [3.8, 4) is 0 Å². The molecule has 20 heavy (non-hydrogen) atoms. The number of hydrogen-bond acceptors (Lipinski definition) is 4. The fourth-order valence-electron chi connectivity index (χ4n) is 2.23. The van der Waals surface area contributed by atoms with Crippen LogP contribution in [0.25, 0.3) is 0 Å². The second-order valence-corrected chi connectivity index (χ2v) is 8.06. The molecule has 1 aromatic heterocycles. The maximum atomic E-state index is 12.5. The molecule has 7 heteroatoms. The molecule has 1 N–H and O–H groups in total. The Morgan fingerprint density at radius 2 is 2.05 bits per heavy atom. The van der Waals surface area contributed by atoms with Crippen molar-refractivity contribution in [1.29, 1.82) is 0 Å². The average molecular weight is 316 g/mol. The monoisotopic (exact) mass is 316 g/mol. The highest BCUT2D eigenvalue weighted by Gasteiger charge is 2.30. The summed E-state index contributed by atoms with van der Waals surface area (Å²) in [7, 11) is -3.44. The van der Waals surface area contributed by atoms with Gasteiger partial charge in [-0.2, -0.15) is 4.31 Å². The van der Waals surface area contributed by atoms with E-state index in [1.54, 1.807) is 6.92 Å². The van der Waals surface area contributed by atoms with Crippen LogP contribution in [0.15, 0.2) is 11.0 Å². The van der Waals surface area contributed by atoms with Crippen molar-refractivity contribution in [3.63, 3.8) is 0 Å². The Morgan fingerprint density at radius 1 is 1.40 bits per heavy atom. The Balaban J connectivity index is 2.25. The Kier molecular flexibility index (Phi) is 4.82. The minimum absolute atomic E-state index is 0.192. The topological polar surface area (TPSA) is 66.5 Å². The van der Waals surface area contributed by atoms with Gasteiger partial charge >= 0.3 is 0 Å². The molecule has 1 aromatic rings. The Labute approximate surface area is 124 Å². The summed E-state index contributed by atoms with van der Waals surface area (Å²) in [5, 5.41) is 2.77. The van der Waals surface area contributed by atoms with Gasteiger partial charge in [0.05, 0.1) is 9.77 Å². The summed E-state index contributed by atoms with van der Waals surface area (Å²) >= 11 is 1.24. The number of thiophene rings is 1. The molecular formula is C13H20N2O3S2. The van der Waals surface area contributed by atoms with Crippen LogP contribution in [0.2, 0.25) is 0 Å². The number of hydrogen-bond donors (Lipinski definition) is 1. The number of carbonyl (C=O) groups is 1. The average Bonchev–Trinajstić information content (AvgIpc) is 3.05. The maximum Gasteiger partial charge on any atom is 0.261 e. The van der Waals surface area contributed by atoms with Crippen molar-refractivity contribution in [3.05, 3.63) is 15.8 Å². The van der Waals surface area contributed by atoms with Gasteiger partial charge in [-0.3, -0.25) is 4.79 Å². The largest absolute Gasteiger partial charge is 0.351 e. The predicted molar refractivity (Wildman–Crippen MR) is 79.7 cm³/mol. The van der Waals surface area contributed by atoms with Crippen molar-refractivity contribution >= 4 is 27.3 Å². The molecule has 1 saturated heterocycles. The molecule has 0 atom stereocenters. The van der Waals surface area contributed by atoms with Crippen LogP contribution in [-0.4, -0.2) is 38.3 Å². The van der Waals surface area contributed by atoms with Crippen LogP contribution in [0.1, 0.15) is 40.7 Å². The number of nitrogens with one attached hydrogen (secondary N) is 1. The summed E-state index contributed by atoms with van der Waals surface area (Å²) in [6.45, 7) is 5.49. The Bertz CT molecular complexity index is 587. The van der Waals surface area contributed by atoms with Gasteiger partial charge in [0.1, 0.15) is 0 Å². The smallest absolute Gasteiger partial charge is 0.261 e. The highest BCUT2D eigenvalue weighted by molar-refractivity contribution is 7.89. The minimum atomic E-state index is -3.44. The number of aryl methyl sites for hydroxylation is 1. The van der Waals surface area contributed by atoms with Crippen molar-refractivity contribution in [2.75, 3.05) is 19.6 Å². The lowest BCUT2D eigenvalue weighted by Gasteiger charge is -2.14. The van der Waals surface area contributed by atoms with Crippen LogP contribution < -0.4 is 5.32 Å². The maximum absolute atomic E-state index is 12.5. The molecule has 1 fully saturated rings. The third-order valence-corrected chi connectivity index (χ3v) is 6.52. The first-order valence-electron chi connectivity index (χ1n) is 6.85. The lowest BCUT2D eigenvalue weighted by atomic mass is 10.4. The van der Waals surface area contributed by atoms with Crippen LogP contribution in [0.4, 0.5) is 0 Å².